The highest BCUT2D eigenvalue weighted by Gasteiger charge is 2.39. The number of rotatable bonds is 2. The second-order valence-electron chi connectivity index (χ2n) is 6.15. The molecule has 1 atom stereocenters. The smallest absolute Gasteiger partial charge is 0.0334 e. The van der Waals surface area contributed by atoms with Crippen molar-refractivity contribution >= 4 is 11.3 Å². The Balaban J connectivity index is 1.72. The van der Waals surface area contributed by atoms with E-state index in [4.69, 9.17) is 0 Å². The summed E-state index contributed by atoms with van der Waals surface area (Å²) in [6, 6.07) is 2.91. The average molecular weight is 264 g/mol. The first-order valence-corrected chi connectivity index (χ1v) is 8.09. The van der Waals surface area contributed by atoms with Crippen LogP contribution in [0.3, 0.4) is 0 Å². The molecule has 1 saturated carbocycles. The Kier molecular flexibility index (Phi) is 3.48. The fraction of sp³-hybridized carbons (Fsp3) is 0.733. The largest absolute Gasteiger partial charge is 0.308 e. The van der Waals surface area contributed by atoms with E-state index < -0.39 is 0 Å². The van der Waals surface area contributed by atoms with Crippen molar-refractivity contribution in [3.05, 3.63) is 21.9 Å². The number of aryl methyl sites for hydroxylation is 1. The summed E-state index contributed by atoms with van der Waals surface area (Å²) in [5.41, 5.74) is 1.91. The molecule has 1 aromatic heterocycles. The summed E-state index contributed by atoms with van der Waals surface area (Å²) in [7, 11) is 0. The maximum absolute atomic E-state index is 3.83. The number of nitrogens with one attached hydrogen (secondary N) is 1. The third-order valence-corrected chi connectivity index (χ3v) is 5.78. The third-order valence-electron chi connectivity index (χ3n) is 4.78. The highest BCUT2D eigenvalue weighted by atomic mass is 32.1. The maximum Gasteiger partial charge on any atom is 0.0334 e. The standard InChI is InChI=1S/C15H24N2S/c1-12-5-8-18-14(12)10-17-11-15(6-3-4-7-15)16-9-13(17)2/h5,8,13,16H,3-4,6-7,9-11H2,1-2H3. The van der Waals surface area contributed by atoms with Crippen LogP contribution in [0.2, 0.25) is 0 Å². The second-order valence-corrected chi connectivity index (χ2v) is 7.15. The van der Waals surface area contributed by atoms with Crippen LogP contribution in [0.1, 0.15) is 43.0 Å². The van der Waals surface area contributed by atoms with Crippen LogP contribution < -0.4 is 5.32 Å². The van der Waals surface area contributed by atoms with Crippen molar-refractivity contribution in [3.8, 4) is 0 Å². The van der Waals surface area contributed by atoms with Gasteiger partial charge in [-0.1, -0.05) is 12.8 Å². The van der Waals surface area contributed by atoms with Gasteiger partial charge in [-0.25, -0.2) is 0 Å². The molecule has 2 heterocycles. The van der Waals surface area contributed by atoms with Gasteiger partial charge in [0.1, 0.15) is 0 Å². The summed E-state index contributed by atoms with van der Waals surface area (Å²) in [4.78, 5) is 4.25. The Morgan fingerprint density at radius 1 is 1.44 bits per heavy atom. The molecule has 0 bridgehead atoms. The van der Waals surface area contributed by atoms with Gasteiger partial charge in [0.15, 0.2) is 0 Å². The fourth-order valence-electron chi connectivity index (χ4n) is 3.44. The molecule has 1 spiro atoms. The van der Waals surface area contributed by atoms with Crippen molar-refractivity contribution in [3.63, 3.8) is 0 Å². The lowest BCUT2D eigenvalue weighted by atomic mass is 9.92. The predicted octanol–water partition coefficient (Wildman–Crippen LogP) is 3.16. The maximum atomic E-state index is 3.83. The molecule has 3 rings (SSSR count). The molecule has 1 aromatic rings. The van der Waals surface area contributed by atoms with Gasteiger partial charge >= 0.3 is 0 Å². The van der Waals surface area contributed by atoms with Gasteiger partial charge < -0.3 is 5.32 Å². The normalized spacial score (nSPS) is 28.0. The minimum Gasteiger partial charge on any atom is -0.308 e. The SMILES string of the molecule is Cc1ccsc1CN1CC2(CCCC2)NCC1C. The Bertz CT molecular complexity index is 406. The Labute approximate surface area is 114 Å². The molecule has 1 N–H and O–H groups in total. The molecule has 1 saturated heterocycles. The van der Waals surface area contributed by atoms with Crippen LogP contribution in [-0.2, 0) is 6.54 Å². The van der Waals surface area contributed by atoms with Crippen LogP contribution in [0.4, 0.5) is 0 Å². The molecule has 100 valence electrons. The van der Waals surface area contributed by atoms with E-state index in [2.05, 4.69) is 35.5 Å². The first-order chi connectivity index (χ1) is 8.69. The first kappa shape index (κ1) is 12.6. The van der Waals surface area contributed by atoms with Gasteiger partial charge in [0.2, 0.25) is 0 Å². The molecule has 0 radical (unpaired) electrons. The van der Waals surface area contributed by atoms with E-state index in [0.717, 1.165) is 13.1 Å². The quantitative estimate of drug-likeness (QED) is 0.882. The van der Waals surface area contributed by atoms with Crippen molar-refractivity contribution < 1.29 is 0 Å². The lowest BCUT2D eigenvalue weighted by molar-refractivity contribution is 0.0834. The van der Waals surface area contributed by atoms with Crippen LogP contribution in [0, 0.1) is 6.92 Å². The van der Waals surface area contributed by atoms with Crippen LogP contribution in [0.15, 0.2) is 11.4 Å². The van der Waals surface area contributed by atoms with E-state index in [1.165, 1.54) is 37.8 Å². The zero-order chi connectivity index (χ0) is 12.6. The molecule has 1 aliphatic carbocycles. The van der Waals surface area contributed by atoms with E-state index >= 15 is 0 Å². The molecule has 1 unspecified atom stereocenters. The number of piperazine rings is 1. The highest BCUT2D eigenvalue weighted by molar-refractivity contribution is 7.10. The van der Waals surface area contributed by atoms with Crippen molar-refractivity contribution in [1.82, 2.24) is 10.2 Å². The predicted molar refractivity (Wildman–Crippen MR) is 78.1 cm³/mol. The zero-order valence-electron chi connectivity index (χ0n) is 11.5. The van der Waals surface area contributed by atoms with Gasteiger partial charge in [0.25, 0.3) is 0 Å². The Morgan fingerprint density at radius 2 is 2.22 bits per heavy atom. The number of nitrogens with zero attached hydrogens (tertiary/aromatic N) is 1. The van der Waals surface area contributed by atoms with Gasteiger partial charge in [-0.15, -0.1) is 11.3 Å². The van der Waals surface area contributed by atoms with Crippen LogP contribution in [0.5, 0.6) is 0 Å². The molecule has 2 nitrogen and oxygen atoms in total. The minimum atomic E-state index is 0.442. The summed E-state index contributed by atoms with van der Waals surface area (Å²) < 4.78 is 0. The first-order valence-electron chi connectivity index (χ1n) is 7.21. The lowest BCUT2D eigenvalue weighted by Gasteiger charge is -2.45. The molecule has 18 heavy (non-hydrogen) atoms. The van der Waals surface area contributed by atoms with Crippen LogP contribution in [-0.4, -0.2) is 29.6 Å². The molecule has 2 fully saturated rings. The summed E-state index contributed by atoms with van der Waals surface area (Å²) in [6.07, 6.45) is 5.57. The minimum absolute atomic E-state index is 0.442. The molecule has 3 heteroatoms. The Hall–Kier alpha value is -0.380. The van der Waals surface area contributed by atoms with Crippen molar-refractivity contribution in [2.75, 3.05) is 13.1 Å². The molecule has 1 aliphatic heterocycles. The van der Waals surface area contributed by atoms with E-state index in [-0.39, 0.29) is 0 Å². The summed E-state index contributed by atoms with van der Waals surface area (Å²) in [5, 5.41) is 6.06. The lowest BCUT2D eigenvalue weighted by Crippen LogP contribution is -2.61. The van der Waals surface area contributed by atoms with Crippen molar-refractivity contribution in [1.29, 1.82) is 0 Å². The Morgan fingerprint density at radius 3 is 2.89 bits per heavy atom. The van der Waals surface area contributed by atoms with Crippen LogP contribution in [0.25, 0.3) is 0 Å². The van der Waals surface area contributed by atoms with Gasteiger partial charge in [-0.3, -0.25) is 4.90 Å². The number of hydrogen-bond donors (Lipinski definition) is 1. The summed E-state index contributed by atoms with van der Waals surface area (Å²) >= 11 is 1.91. The molecule has 2 aliphatic rings. The van der Waals surface area contributed by atoms with Gasteiger partial charge in [-0.05, 0) is 43.7 Å². The third kappa shape index (κ3) is 2.36. The monoisotopic (exact) mass is 264 g/mol. The van der Waals surface area contributed by atoms with Gasteiger partial charge in [0.05, 0.1) is 0 Å². The van der Waals surface area contributed by atoms with Crippen molar-refractivity contribution in [2.45, 2.75) is 57.7 Å². The highest BCUT2D eigenvalue weighted by Crippen LogP contribution is 2.34. The molecule has 0 aromatic carbocycles. The topological polar surface area (TPSA) is 15.3 Å². The van der Waals surface area contributed by atoms with E-state index in [0.29, 0.717) is 11.6 Å². The van der Waals surface area contributed by atoms with E-state index in [9.17, 15) is 0 Å². The second kappa shape index (κ2) is 4.95. The molecule has 0 amide bonds. The number of thiophene rings is 1. The van der Waals surface area contributed by atoms with E-state index in [1.54, 1.807) is 4.88 Å². The summed E-state index contributed by atoms with van der Waals surface area (Å²) in [5.74, 6) is 0. The fourth-order valence-corrected chi connectivity index (χ4v) is 4.37. The van der Waals surface area contributed by atoms with Crippen molar-refractivity contribution in [2.24, 2.45) is 0 Å². The molecular weight excluding hydrogens is 240 g/mol. The summed E-state index contributed by atoms with van der Waals surface area (Å²) in [6.45, 7) is 8.14. The van der Waals surface area contributed by atoms with Gasteiger partial charge in [-0.2, -0.15) is 0 Å². The average Bonchev–Trinajstić information content (AvgIpc) is 2.96. The van der Waals surface area contributed by atoms with E-state index in [1.807, 2.05) is 11.3 Å². The van der Waals surface area contributed by atoms with Gasteiger partial charge in [0, 0.05) is 36.1 Å². The zero-order valence-corrected chi connectivity index (χ0v) is 12.4. The number of hydrogen-bond acceptors (Lipinski definition) is 3. The molecular formula is C15H24N2S. The van der Waals surface area contributed by atoms with Crippen LogP contribution >= 0.6 is 11.3 Å².